The van der Waals surface area contributed by atoms with E-state index in [2.05, 4.69) is 65.0 Å². The first-order chi connectivity index (χ1) is 7.05. The summed E-state index contributed by atoms with van der Waals surface area (Å²) in [7, 11) is 3.62. The fourth-order valence-electron chi connectivity index (χ4n) is 2.04. The standard InChI is InChI=1S/C12H27N2OP/c1-11(2,3)10-9-15-16(13(7)8)14(10)12(4,5)6/h10H,9H2,1-8H3. The van der Waals surface area contributed by atoms with Crippen molar-refractivity contribution in [3.05, 3.63) is 0 Å². The van der Waals surface area contributed by atoms with Crippen molar-refractivity contribution in [3.63, 3.8) is 0 Å². The maximum Gasteiger partial charge on any atom is 0.188 e. The van der Waals surface area contributed by atoms with Crippen LogP contribution in [0.2, 0.25) is 0 Å². The molecule has 0 saturated carbocycles. The third kappa shape index (κ3) is 2.95. The van der Waals surface area contributed by atoms with Gasteiger partial charge in [0.15, 0.2) is 8.45 Å². The van der Waals surface area contributed by atoms with Crippen molar-refractivity contribution < 1.29 is 4.52 Å². The molecule has 0 radical (unpaired) electrons. The predicted octanol–water partition coefficient (Wildman–Crippen LogP) is 3.32. The molecule has 1 heterocycles. The molecule has 2 atom stereocenters. The Labute approximate surface area is 102 Å². The molecule has 1 fully saturated rings. The fraction of sp³-hybridized carbons (Fsp3) is 1.00. The van der Waals surface area contributed by atoms with E-state index in [1.807, 2.05) is 0 Å². The van der Waals surface area contributed by atoms with Crippen LogP contribution < -0.4 is 0 Å². The van der Waals surface area contributed by atoms with Gasteiger partial charge in [-0.05, 0) is 40.3 Å². The van der Waals surface area contributed by atoms with Gasteiger partial charge < -0.3 is 4.52 Å². The first-order valence-corrected chi connectivity index (χ1v) is 7.11. The lowest BCUT2D eigenvalue weighted by Gasteiger charge is -2.44. The van der Waals surface area contributed by atoms with Gasteiger partial charge in [-0.15, -0.1) is 0 Å². The second-order valence-electron chi connectivity index (χ2n) is 6.79. The molecule has 2 unspecified atom stereocenters. The summed E-state index contributed by atoms with van der Waals surface area (Å²) in [5.41, 5.74) is 0.421. The third-order valence-corrected chi connectivity index (χ3v) is 5.17. The van der Waals surface area contributed by atoms with E-state index in [1.54, 1.807) is 0 Å². The molecule has 0 aromatic rings. The molecule has 16 heavy (non-hydrogen) atoms. The molecule has 0 N–H and O–H groups in total. The highest BCUT2D eigenvalue weighted by molar-refractivity contribution is 7.47. The van der Waals surface area contributed by atoms with Gasteiger partial charge in [-0.3, -0.25) is 4.67 Å². The zero-order chi connectivity index (χ0) is 12.7. The third-order valence-electron chi connectivity index (χ3n) is 2.86. The number of nitrogens with zero attached hydrogens (tertiary/aromatic N) is 2. The van der Waals surface area contributed by atoms with Crippen LogP contribution in [0.5, 0.6) is 0 Å². The first kappa shape index (κ1) is 14.4. The maximum atomic E-state index is 6.01. The lowest BCUT2D eigenvalue weighted by atomic mass is 9.85. The van der Waals surface area contributed by atoms with Gasteiger partial charge in [0, 0.05) is 11.6 Å². The minimum atomic E-state index is -0.593. The van der Waals surface area contributed by atoms with Crippen molar-refractivity contribution in [2.24, 2.45) is 5.41 Å². The van der Waals surface area contributed by atoms with E-state index in [-0.39, 0.29) is 11.0 Å². The summed E-state index contributed by atoms with van der Waals surface area (Å²) in [6.45, 7) is 14.6. The summed E-state index contributed by atoms with van der Waals surface area (Å²) < 4.78 is 10.8. The Balaban J connectivity index is 2.98. The number of rotatable bonds is 1. The van der Waals surface area contributed by atoms with E-state index in [1.165, 1.54) is 0 Å². The molecule has 1 aliphatic heterocycles. The average molecular weight is 246 g/mol. The minimum absolute atomic E-state index is 0.157. The Hall–Kier alpha value is 0.310. The normalized spacial score (nSPS) is 29.1. The van der Waals surface area contributed by atoms with Crippen LogP contribution in [0.3, 0.4) is 0 Å². The van der Waals surface area contributed by atoms with E-state index in [0.29, 0.717) is 6.04 Å². The lowest BCUT2D eigenvalue weighted by molar-refractivity contribution is 0.115. The lowest BCUT2D eigenvalue weighted by Crippen LogP contribution is -2.49. The van der Waals surface area contributed by atoms with Crippen LogP contribution >= 0.6 is 8.45 Å². The molecule has 0 bridgehead atoms. The topological polar surface area (TPSA) is 15.7 Å². The highest BCUT2D eigenvalue weighted by Crippen LogP contribution is 2.56. The molecule has 3 nitrogen and oxygen atoms in total. The molecule has 0 aromatic heterocycles. The zero-order valence-electron chi connectivity index (χ0n) is 12.0. The van der Waals surface area contributed by atoms with Crippen molar-refractivity contribution in [3.8, 4) is 0 Å². The minimum Gasteiger partial charge on any atom is -0.330 e. The molecule has 1 aliphatic rings. The molecule has 4 heteroatoms. The van der Waals surface area contributed by atoms with Gasteiger partial charge >= 0.3 is 0 Å². The summed E-state index contributed by atoms with van der Waals surface area (Å²) in [5, 5.41) is 0. The van der Waals surface area contributed by atoms with E-state index in [0.717, 1.165) is 6.61 Å². The van der Waals surface area contributed by atoms with Crippen molar-refractivity contribution >= 4 is 8.45 Å². The Morgan fingerprint density at radius 3 is 1.94 bits per heavy atom. The molecule has 0 amide bonds. The van der Waals surface area contributed by atoms with Crippen LogP contribution in [0.1, 0.15) is 41.5 Å². The predicted molar refractivity (Wildman–Crippen MR) is 71.4 cm³/mol. The SMILES string of the molecule is CN(C)P1OCC(C(C)(C)C)N1C(C)(C)C. The maximum absolute atomic E-state index is 6.01. The van der Waals surface area contributed by atoms with Crippen LogP contribution in [0.25, 0.3) is 0 Å². The van der Waals surface area contributed by atoms with Crippen LogP contribution in [0.15, 0.2) is 0 Å². The van der Waals surface area contributed by atoms with Gasteiger partial charge in [0.05, 0.1) is 6.61 Å². The second-order valence-corrected chi connectivity index (χ2v) is 8.79. The smallest absolute Gasteiger partial charge is 0.188 e. The van der Waals surface area contributed by atoms with Crippen molar-refractivity contribution in [1.29, 1.82) is 0 Å². The van der Waals surface area contributed by atoms with Crippen LogP contribution in [0, 0.1) is 5.41 Å². The molecule has 1 rings (SSSR count). The van der Waals surface area contributed by atoms with Crippen molar-refractivity contribution in [2.45, 2.75) is 53.1 Å². The molecule has 96 valence electrons. The summed E-state index contributed by atoms with van der Waals surface area (Å²) in [6.07, 6.45) is 0. The monoisotopic (exact) mass is 246 g/mol. The Kier molecular flexibility index (Phi) is 4.07. The Morgan fingerprint density at radius 1 is 1.12 bits per heavy atom. The van der Waals surface area contributed by atoms with Crippen LogP contribution in [0.4, 0.5) is 0 Å². The first-order valence-electron chi connectivity index (χ1n) is 5.94. The van der Waals surface area contributed by atoms with Gasteiger partial charge in [-0.2, -0.15) is 0 Å². The van der Waals surface area contributed by atoms with Crippen LogP contribution in [-0.4, -0.2) is 41.6 Å². The number of hydrogen-bond donors (Lipinski definition) is 0. The summed E-state index contributed by atoms with van der Waals surface area (Å²) in [4.78, 5) is 0. The van der Waals surface area contributed by atoms with Gasteiger partial charge in [0.25, 0.3) is 0 Å². The van der Waals surface area contributed by atoms with Crippen molar-refractivity contribution in [1.82, 2.24) is 9.34 Å². The molecular formula is C12H27N2OP. The molecule has 1 saturated heterocycles. The van der Waals surface area contributed by atoms with Gasteiger partial charge in [-0.1, -0.05) is 20.8 Å². The molecule has 0 spiro atoms. The Bertz CT molecular complexity index is 242. The van der Waals surface area contributed by atoms with E-state index >= 15 is 0 Å². The highest BCUT2D eigenvalue weighted by Gasteiger charge is 2.47. The molecule has 0 aliphatic carbocycles. The summed E-state index contributed by atoms with van der Waals surface area (Å²) in [5.74, 6) is 0. The van der Waals surface area contributed by atoms with Crippen LogP contribution in [-0.2, 0) is 4.52 Å². The van der Waals surface area contributed by atoms with Gasteiger partial charge in [0.1, 0.15) is 0 Å². The number of hydrogen-bond acceptors (Lipinski definition) is 3. The Morgan fingerprint density at radius 2 is 1.62 bits per heavy atom. The molecule has 0 aromatic carbocycles. The largest absolute Gasteiger partial charge is 0.330 e. The zero-order valence-corrected chi connectivity index (χ0v) is 12.9. The summed E-state index contributed by atoms with van der Waals surface area (Å²) >= 11 is 0. The summed E-state index contributed by atoms with van der Waals surface area (Å²) in [6, 6.07) is 0.501. The molecular weight excluding hydrogens is 219 g/mol. The van der Waals surface area contributed by atoms with Gasteiger partial charge in [-0.25, -0.2) is 4.67 Å². The fourth-order valence-corrected chi connectivity index (χ4v) is 4.22. The van der Waals surface area contributed by atoms with E-state index in [4.69, 9.17) is 4.52 Å². The van der Waals surface area contributed by atoms with E-state index < -0.39 is 8.45 Å². The van der Waals surface area contributed by atoms with Gasteiger partial charge in [0.2, 0.25) is 0 Å². The van der Waals surface area contributed by atoms with Crippen molar-refractivity contribution in [2.75, 3.05) is 20.7 Å². The van der Waals surface area contributed by atoms with E-state index in [9.17, 15) is 0 Å². The quantitative estimate of drug-likeness (QED) is 0.660. The second kappa shape index (κ2) is 4.53. The highest BCUT2D eigenvalue weighted by atomic mass is 31.2. The average Bonchev–Trinajstić information content (AvgIpc) is 2.43.